The maximum absolute atomic E-state index is 12.4. The predicted octanol–water partition coefficient (Wildman–Crippen LogP) is 2.68. The summed E-state index contributed by atoms with van der Waals surface area (Å²) in [4.78, 5) is 13.7. The number of rotatable bonds is 6. The van der Waals surface area contributed by atoms with Crippen LogP contribution in [0.2, 0.25) is 5.02 Å². The zero-order chi connectivity index (χ0) is 16.2. The Bertz CT molecular complexity index is 631. The van der Waals surface area contributed by atoms with Gasteiger partial charge in [-0.2, -0.15) is 0 Å². The Hall–Kier alpha value is -0.820. The third-order valence-electron chi connectivity index (χ3n) is 3.02. The molecular formula is C13H17Cl2NO4S. The number of nitrogens with zero attached hydrogens (tertiary/aromatic N) is 1. The van der Waals surface area contributed by atoms with Crippen molar-refractivity contribution in [1.29, 1.82) is 0 Å². The number of methoxy groups -OCH3 is 1. The highest BCUT2D eigenvalue weighted by atomic mass is 35.7. The molecule has 0 spiro atoms. The van der Waals surface area contributed by atoms with Crippen LogP contribution in [0.5, 0.6) is 0 Å². The minimum atomic E-state index is -3.95. The Balaban J connectivity index is 3.11. The number of amides is 1. The third-order valence-corrected chi connectivity index (χ3v) is 4.74. The van der Waals surface area contributed by atoms with E-state index in [0.717, 1.165) is 0 Å². The lowest BCUT2D eigenvalue weighted by molar-refractivity contribution is 0.0778. The number of halogens is 2. The average Bonchev–Trinajstić information content (AvgIpc) is 2.39. The van der Waals surface area contributed by atoms with Crippen LogP contribution in [0.25, 0.3) is 0 Å². The van der Waals surface area contributed by atoms with Crippen LogP contribution >= 0.6 is 22.3 Å². The van der Waals surface area contributed by atoms with Crippen molar-refractivity contribution in [3.63, 3.8) is 0 Å². The molecule has 5 nitrogen and oxygen atoms in total. The van der Waals surface area contributed by atoms with Gasteiger partial charge < -0.3 is 9.64 Å². The van der Waals surface area contributed by atoms with E-state index in [2.05, 4.69) is 0 Å². The minimum Gasteiger partial charge on any atom is -0.385 e. The molecule has 21 heavy (non-hydrogen) atoms. The van der Waals surface area contributed by atoms with E-state index in [9.17, 15) is 13.2 Å². The van der Waals surface area contributed by atoms with Crippen molar-refractivity contribution in [2.24, 2.45) is 0 Å². The van der Waals surface area contributed by atoms with Crippen molar-refractivity contribution >= 4 is 37.2 Å². The molecule has 1 aromatic rings. The number of carbonyl (C=O) groups excluding carboxylic acids is 1. The van der Waals surface area contributed by atoms with E-state index in [1.165, 1.54) is 17.0 Å². The number of hydrogen-bond acceptors (Lipinski definition) is 4. The van der Waals surface area contributed by atoms with Gasteiger partial charge in [0.15, 0.2) is 0 Å². The Morgan fingerprint density at radius 3 is 2.52 bits per heavy atom. The quantitative estimate of drug-likeness (QED) is 0.582. The molecule has 0 aliphatic rings. The SMILES string of the molecule is COCCCN(C)C(=O)c1cc(S(=O)(=O)Cl)cc(Cl)c1C. The molecule has 0 saturated heterocycles. The largest absolute Gasteiger partial charge is 0.385 e. The van der Waals surface area contributed by atoms with Crippen molar-refractivity contribution in [3.05, 3.63) is 28.3 Å². The molecule has 1 amide bonds. The first-order valence-electron chi connectivity index (χ1n) is 6.17. The van der Waals surface area contributed by atoms with Crippen molar-refractivity contribution in [3.8, 4) is 0 Å². The van der Waals surface area contributed by atoms with Gasteiger partial charge in [0.25, 0.3) is 15.0 Å². The fourth-order valence-corrected chi connectivity index (χ4v) is 2.84. The summed E-state index contributed by atoms with van der Waals surface area (Å²) in [7, 11) is 4.58. The van der Waals surface area contributed by atoms with Crippen LogP contribution in [0.4, 0.5) is 0 Å². The number of hydrogen-bond donors (Lipinski definition) is 0. The van der Waals surface area contributed by atoms with Crippen LogP contribution in [-0.4, -0.2) is 46.5 Å². The van der Waals surface area contributed by atoms with E-state index >= 15 is 0 Å². The molecule has 0 fully saturated rings. The second-order valence-corrected chi connectivity index (χ2v) is 7.56. The second kappa shape index (κ2) is 7.45. The third kappa shape index (κ3) is 4.85. The molecule has 118 valence electrons. The van der Waals surface area contributed by atoms with E-state index in [4.69, 9.17) is 27.0 Å². The van der Waals surface area contributed by atoms with Crippen LogP contribution in [0.1, 0.15) is 22.3 Å². The van der Waals surface area contributed by atoms with Crippen LogP contribution in [0, 0.1) is 6.92 Å². The van der Waals surface area contributed by atoms with Gasteiger partial charge in [-0.05, 0) is 31.0 Å². The van der Waals surface area contributed by atoms with Gasteiger partial charge in [0.2, 0.25) is 0 Å². The number of carbonyl (C=O) groups is 1. The maximum Gasteiger partial charge on any atom is 0.261 e. The van der Waals surface area contributed by atoms with E-state index in [-0.39, 0.29) is 21.4 Å². The summed E-state index contributed by atoms with van der Waals surface area (Å²) in [6.07, 6.45) is 0.680. The van der Waals surface area contributed by atoms with Crippen LogP contribution in [-0.2, 0) is 13.8 Å². The summed E-state index contributed by atoms with van der Waals surface area (Å²) < 4.78 is 27.8. The molecule has 0 atom stereocenters. The molecule has 0 aromatic heterocycles. The summed E-state index contributed by atoms with van der Waals surface area (Å²) >= 11 is 5.99. The topological polar surface area (TPSA) is 63.7 Å². The summed E-state index contributed by atoms with van der Waals surface area (Å²) in [5, 5.41) is 0.186. The molecule has 0 saturated carbocycles. The fourth-order valence-electron chi connectivity index (χ4n) is 1.77. The summed E-state index contributed by atoms with van der Waals surface area (Å²) in [5.41, 5.74) is 0.742. The van der Waals surface area contributed by atoms with E-state index in [1.807, 2.05) is 0 Å². The standard InChI is InChI=1S/C13H17Cl2NO4S/c1-9-11(13(17)16(2)5-4-6-20-3)7-10(8-12(9)14)21(15,18)19/h7-8H,4-6H2,1-3H3. The molecule has 0 aliphatic heterocycles. The fraction of sp³-hybridized carbons (Fsp3) is 0.462. The minimum absolute atomic E-state index is 0.186. The van der Waals surface area contributed by atoms with Gasteiger partial charge in [-0.3, -0.25) is 4.79 Å². The maximum atomic E-state index is 12.4. The highest BCUT2D eigenvalue weighted by Crippen LogP contribution is 2.27. The first-order valence-corrected chi connectivity index (χ1v) is 8.86. The molecule has 0 N–H and O–H groups in total. The van der Waals surface area contributed by atoms with Crippen molar-refractivity contribution in [1.82, 2.24) is 4.90 Å². The highest BCUT2D eigenvalue weighted by molar-refractivity contribution is 8.13. The van der Waals surface area contributed by atoms with E-state index < -0.39 is 9.05 Å². The Kier molecular flexibility index (Phi) is 6.46. The van der Waals surface area contributed by atoms with Gasteiger partial charge in [0.1, 0.15) is 0 Å². The van der Waals surface area contributed by atoms with Crippen LogP contribution in [0.3, 0.4) is 0 Å². The molecule has 8 heteroatoms. The molecular weight excluding hydrogens is 337 g/mol. The Morgan fingerprint density at radius 1 is 1.38 bits per heavy atom. The second-order valence-electron chi connectivity index (χ2n) is 4.59. The van der Waals surface area contributed by atoms with Crippen LogP contribution < -0.4 is 0 Å². The highest BCUT2D eigenvalue weighted by Gasteiger charge is 2.20. The average molecular weight is 354 g/mol. The Labute approximate surface area is 134 Å². The van der Waals surface area contributed by atoms with E-state index in [1.54, 1.807) is 21.1 Å². The van der Waals surface area contributed by atoms with Gasteiger partial charge in [-0.15, -0.1) is 0 Å². The summed E-state index contributed by atoms with van der Waals surface area (Å²) in [5.74, 6) is -0.312. The Morgan fingerprint density at radius 2 is 2.00 bits per heavy atom. The number of benzene rings is 1. The molecule has 1 aromatic carbocycles. The van der Waals surface area contributed by atoms with Crippen molar-refractivity contribution in [2.45, 2.75) is 18.2 Å². The zero-order valence-electron chi connectivity index (χ0n) is 12.0. The van der Waals surface area contributed by atoms with Crippen molar-refractivity contribution in [2.75, 3.05) is 27.3 Å². The lowest BCUT2D eigenvalue weighted by Crippen LogP contribution is -2.29. The van der Waals surface area contributed by atoms with Crippen LogP contribution in [0.15, 0.2) is 17.0 Å². The summed E-state index contributed by atoms with van der Waals surface area (Å²) in [6, 6.07) is 2.49. The molecule has 0 unspecified atom stereocenters. The lowest BCUT2D eigenvalue weighted by atomic mass is 10.1. The lowest BCUT2D eigenvalue weighted by Gasteiger charge is -2.19. The first kappa shape index (κ1) is 18.2. The molecule has 0 aliphatic carbocycles. The molecule has 0 heterocycles. The predicted molar refractivity (Wildman–Crippen MR) is 82.7 cm³/mol. The molecule has 0 radical (unpaired) electrons. The number of ether oxygens (including phenoxy) is 1. The van der Waals surface area contributed by atoms with Gasteiger partial charge >= 0.3 is 0 Å². The summed E-state index contributed by atoms with van der Waals surface area (Å²) in [6.45, 7) is 2.68. The van der Waals surface area contributed by atoms with Crippen molar-refractivity contribution < 1.29 is 17.9 Å². The zero-order valence-corrected chi connectivity index (χ0v) is 14.3. The van der Waals surface area contributed by atoms with E-state index in [0.29, 0.717) is 25.1 Å². The van der Waals surface area contributed by atoms with Gasteiger partial charge in [0.05, 0.1) is 4.90 Å². The van der Waals surface area contributed by atoms with Gasteiger partial charge in [-0.1, -0.05) is 11.6 Å². The smallest absolute Gasteiger partial charge is 0.261 e. The molecule has 0 bridgehead atoms. The van der Waals surface area contributed by atoms with Gasteiger partial charge in [-0.25, -0.2) is 8.42 Å². The normalized spacial score (nSPS) is 11.5. The first-order chi connectivity index (χ1) is 9.68. The molecule has 1 rings (SSSR count). The van der Waals surface area contributed by atoms with Gasteiger partial charge in [0, 0.05) is 48.6 Å². The monoisotopic (exact) mass is 353 g/mol.